The van der Waals surface area contributed by atoms with Crippen LogP contribution in [0.15, 0.2) is 30.5 Å². The molecular formula is C18H20N4O5. The first-order valence-corrected chi connectivity index (χ1v) is 8.53. The molecule has 1 fully saturated rings. The number of aromatic amines is 1. The molecule has 9 heteroatoms. The van der Waals surface area contributed by atoms with Crippen LogP contribution in [-0.2, 0) is 25.6 Å². The molecule has 9 nitrogen and oxygen atoms in total. The fourth-order valence-corrected chi connectivity index (χ4v) is 3.04. The first kappa shape index (κ1) is 18.4. The number of carboxylic acid groups (broad SMARTS) is 1. The smallest absolute Gasteiger partial charge is 0.326 e. The number of amides is 3. The number of benzene rings is 1. The number of piperazine rings is 1. The highest BCUT2D eigenvalue weighted by Gasteiger charge is 2.33. The van der Waals surface area contributed by atoms with Gasteiger partial charge in [0.1, 0.15) is 18.1 Å². The lowest BCUT2D eigenvalue weighted by Crippen LogP contribution is -2.61. The van der Waals surface area contributed by atoms with E-state index in [2.05, 4.69) is 20.9 Å². The summed E-state index contributed by atoms with van der Waals surface area (Å²) in [7, 11) is 0. The Bertz CT molecular complexity index is 906. The van der Waals surface area contributed by atoms with Gasteiger partial charge in [0.05, 0.1) is 6.42 Å². The van der Waals surface area contributed by atoms with Crippen molar-refractivity contribution in [3.05, 3.63) is 36.0 Å². The molecule has 0 radical (unpaired) electrons. The highest BCUT2D eigenvalue weighted by Crippen LogP contribution is 2.19. The van der Waals surface area contributed by atoms with Crippen LogP contribution < -0.4 is 16.0 Å². The average molecular weight is 372 g/mol. The molecule has 3 rings (SSSR count). The minimum atomic E-state index is -1.18. The van der Waals surface area contributed by atoms with E-state index in [0.29, 0.717) is 0 Å². The van der Waals surface area contributed by atoms with E-state index in [1.54, 1.807) is 6.20 Å². The molecule has 5 N–H and O–H groups in total. The molecular weight excluding hydrogens is 352 g/mol. The second-order valence-electron chi connectivity index (χ2n) is 6.52. The third-order valence-corrected chi connectivity index (χ3v) is 4.51. The molecule has 3 amide bonds. The van der Waals surface area contributed by atoms with Crippen LogP contribution in [-0.4, -0.2) is 51.9 Å². The number of para-hydroxylation sites is 1. The standard InChI is InChI=1S/C18H20N4O5/c1-9-16(24)22-13(17(25)20-9)7-15(23)21-14(18(26)27)6-10-8-19-12-5-3-2-4-11(10)12/h2-5,8-9,13-14,19H,6-7H2,1H3,(H,20,25)(H,21,23)(H,22,24)(H,26,27)/t9-,13-,14+/m0/s1. The zero-order valence-electron chi connectivity index (χ0n) is 14.6. The molecule has 2 aromatic rings. The minimum Gasteiger partial charge on any atom is -0.480 e. The maximum absolute atomic E-state index is 12.2. The van der Waals surface area contributed by atoms with Gasteiger partial charge < -0.3 is 26.0 Å². The van der Waals surface area contributed by atoms with Crippen LogP contribution in [0.1, 0.15) is 18.9 Å². The van der Waals surface area contributed by atoms with E-state index in [-0.39, 0.29) is 18.7 Å². The molecule has 27 heavy (non-hydrogen) atoms. The normalized spacial score (nSPS) is 20.6. The second-order valence-corrected chi connectivity index (χ2v) is 6.52. The number of carbonyl (C=O) groups excluding carboxylic acids is 3. The van der Waals surface area contributed by atoms with Gasteiger partial charge in [-0.25, -0.2) is 4.79 Å². The summed E-state index contributed by atoms with van der Waals surface area (Å²) < 4.78 is 0. The summed E-state index contributed by atoms with van der Waals surface area (Å²) in [6.45, 7) is 1.53. The molecule has 3 atom stereocenters. The fraction of sp³-hybridized carbons (Fsp3) is 0.333. The van der Waals surface area contributed by atoms with Crippen LogP contribution >= 0.6 is 0 Å². The maximum Gasteiger partial charge on any atom is 0.326 e. The van der Waals surface area contributed by atoms with Gasteiger partial charge in [0.15, 0.2) is 0 Å². The Morgan fingerprint density at radius 2 is 1.93 bits per heavy atom. The van der Waals surface area contributed by atoms with E-state index < -0.39 is 35.9 Å². The number of carboxylic acids is 1. The lowest BCUT2D eigenvalue weighted by molar-refractivity contribution is -0.142. The van der Waals surface area contributed by atoms with Gasteiger partial charge in [0.25, 0.3) is 0 Å². The number of aliphatic carboxylic acids is 1. The number of H-pyrrole nitrogens is 1. The van der Waals surface area contributed by atoms with Crippen molar-refractivity contribution in [1.29, 1.82) is 0 Å². The number of hydrogen-bond acceptors (Lipinski definition) is 4. The van der Waals surface area contributed by atoms with Crippen molar-refractivity contribution >= 4 is 34.6 Å². The average Bonchev–Trinajstić information content (AvgIpc) is 3.02. The predicted molar refractivity (Wildman–Crippen MR) is 95.7 cm³/mol. The van der Waals surface area contributed by atoms with Crippen molar-refractivity contribution in [2.45, 2.75) is 37.9 Å². The second kappa shape index (κ2) is 7.48. The molecule has 1 aliphatic rings. The highest BCUT2D eigenvalue weighted by atomic mass is 16.4. The van der Waals surface area contributed by atoms with Crippen molar-refractivity contribution in [1.82, 2.24) is 20.9 Å². The highest BCUT2D eigenvalue weighted by molar-refractivity contribution is 5.99. The summed E-state index contributed by atoms with van der Waals surface area (Å²) in [5.74, 6) is -2.67. The number of fused-ring (bicyclic) bond motifs is 1. The minimum absolute atomic E-state index is 0.0886. The van der Waals surface area contributed by atoms with Crippen LogP contribution in [0.2, 0.25) is 0 Å². The zero-order valence-corrected chi connectivity index (χ0v) is 14.6. The largest absolute Gasteiger partial charge is 0.480 e. The molecule has 0 bridgehead atoms. The van der Waals surface area contributed by atoms with Gasteiger partial charge in [-0.1, -0.05) is 18.2 Å². The number of carbonyl (C=O) groups is 4. The quantitative estimate of drug-likeness (QED) is 0.472. The van der Waals surface area contributed by atoms with Gasteiger partial charge in [-0.3, -0.25) is 14.4 Å². The summed E-state index contributed by atoms with van der Waals surface area (Å²) in [5, 5.41) is 17.7. The van der Waals surface area contributed by atoms with Crippen LogP contribution in [0.5, 0.6) is 0 Å². The number of aromatic nitrogens is 1. The number of rotatable bonds is 6. The Morgan fingerprint density at radius 3 is 2.67 bits per heavy atom. The molecule has 1 saturated heterocycles. The fourth-order valence-electron chi connectivity index (χ4n) is 3.04. The summed E-state index contributed by atoms with van der Waals surface area (Å²) in [5.41, 5.74) is 1.63. The summed E-state index contributed by atoms with van der Waals surface area (Å²) in [4.78, 5) is 50.4. The van der Waals surface area contributed by atoms with Gasteiger partial charge in [-0.2, -0.15) is 0 Å². The lowest BCUT2D eigenvalue weighted by Gasteiger charge is -2.27. The third-order valence-electron chi connectivity index (χ3n) is 4.51. The Morgan fingerprint density at radius 1 is 1.19 bits per heavy atom. The van der Waals surface area contributed by atoms with Crippen molar-refractivity contribution in [3.63, 3.8) is 0 Å². The Hall–Kier alpha value is -3.36. The SMILES string of the molecule is C[C@@H]1NC(=O)[C@H](CC(=O)N[C@H](Cc2c[nH]c3ccccc23)C(=O)O)NC1=O. The molecule has 0 saturated carbocycles. The van der Waals surface area contributed by atoms with E-state index in [1.807, 2.05) is 24.3 Å². The van der Waals surface area contributed by atoms with E-state index in [1.165, 1.54) is 6.92 Å². The first-order chi connectivity index (χ1) is 12.8. The molecule has 1 aromatic carbocycles. The lowest BCUT2D eigenvalue weighted by atomic mass is 10.0. The molecule has 142 valence electrons. The molecule has 2 heterocycles. The summed E-state index contributed by atoms with van der Waals surface area (Å²) in [6, 6.07) is 4.62. The van der Waals surface area contributed by atoms with E-state index in [0.717, 1.165) is 16.5 Å². The zero-order chi connectivity index (χ0) is 19.6. The molecule has 0 spiro atoms. The van der Waals surface area contributed by atoms with Gasteiger partial charge in [0, 0.05) is 23.5 Å². The number of nitrogens with one attached hydrogen (secondary N) is 4. The Kier molecular flexibility index (Phi) is 5.11. The topological polar surface area (TPSA) is 140 Å². The Balaban J connectivity index is 1.66. The third kappa shape index (κ3) is 4.08. The first-order valence-electron chi connectivity index (χ1n) is 8.53. The Labute approximate surface area is 154 Å². The van der Waals surface area contributed by atoms with Crippen LogP contribution in [0.4, 0.5) is 0 Å². The summed E-state index contributed by atoms with van der Waals surface area (Å²) >= 11 is 0. The molecule has 0 unspecified atom stereocenters. The summed E-state index contributed by atoms with van der Waals surface area (Å²) in [6.07, 6.45) is 1.47. The van der Waals surface area contributed by atoms with E-state index in [9.17, 15) is 24.3 Å². The van der Waals surface area contributed by atoms with Gasteiger partial charge in [-0.05, 0) is 18.6 Å². The predicted octanol–water partition coefficient (Wildman–Crippen LogP) is -0.327. The van der Waals surface area contributed by atoms with Crippen molar-refractivity contribution in [3.8, 4) is 0 Å². The van der Waals surface area contributed by atoms with Gasteiger partial charge >= 0.3 is 5.97 Å². The van der Waals surface area contributed by atoms with Crippen molar-refractivity contribution in [2.75, 3.05) is 0 Å². The molecule has 1 aliphatic heterocycles. The van der Waals surface area contributed by atoms with Crippen LogP contribution in [0.25, 0.3) is 10.9 Å². The van der Waals surface area contributed by atoms with Crippen molar-refractivity contribution in [2.24, 2.45) is 0 Å². The monoisotopic (exact) mass is 372 g/mol. The van der Waals surface area contributed by atoms with Crippen LogP contribution in [0.3, 0.4) is 0 Å². The van der Waals surface area contributed by atoms with Crippen molar-refractivity contribution < 1.29 is 24.3 Å². The maximum atomic E-state index is 12.2. The molecule has 1 aromatic heterocycles. The van der Waals surface area contributed by atoms with Crippen LogP contribution in [0, 0.1) is 0 Å². The van der Waals surface area contributed by atoms with Gasteiger partial charge in [-0.15, -0.1) is 0 Å². The number of hydrogen-bond donors (Lipinski definition) is 5. The van der Waals surface area contributed by atoms with E-state index >= 15 is 0 Å². The molecule has 0 aliphatic carbocycles. The van der Waals surface area contributed by atoms with E-state index in [4.69, 9.17) is 0 Å². The van der Waals surface area contributed by atoms with Gasteiger partial charge in [0.2, 0.25) is 17.7 Å².